The molecule has 5 nitrogen and oxygen atoms in total. The number of likely N-dealkylation sites (N-methyl/N-ethyl adjacent to an activating group) is 1. The Morgan fingerprint density at radius 1 is 1.35 bits per heavy atom. The lowest BCUT2D eigenvalue weighted by Gasteiger charge is -2.23. The van der Waals surface area contributed by atoms with Crippen molar-refractivity contribution in [2.24, 2.45) is 0 Å². The number of anilines is 1. The van der Waals surface area contributed by atoms with Crippen LogP contribution in [0.2, 0.25) is 5.02 Å². The van der Waals surface area contributed by atoms with E-state index in [1.165, 1.54) is 12.1 Å². The number of rotatable bonds is 7. The lowest BCUT2D eigenvalue weighted by molar-refractivity contribution is 0.282. The van der Waals surface area contributed by atoms with E-state index in [9.17, 15) is 8.42 Å². The molecule has 20 heavy (non-hydrogen) atoms. The first-order valence-electron chi connectivity index (χ1n) is 6.59. The molecule has 0 heterocycles. The summed E-state index contributed by atoms with van der Waals surface area (Å²) in [7, 11) is -3.66. The van der Waals surface area contributed by atoms with Gasteiger partial charge in [0.15, 0.2) is 0 Å². The predicted molar refractivity (Wildman–Crippen MR) is 83.4 cm³/mol. The normalized spacial score (nSPS) is 13.7. The first-order chi connectivity index (χ1) is 9.30. The molecule has 7 heteroatoms. The predicted octanol–water partition coefficient (Wildman–Crippen LogP) is 1.93. The van der Waals surface area contributed by atoms with Crippen molar-refractivity contribution in [2.45, 2.75) is 31.7 Å². The fraction of sp³-hybridized carbons (Fsp3) is 0.538. The average molecular weight is 320 g/mol. The Kier molecular flexibility index (Phi) is 6.26. The van der Waals surface area contributed by atoms with Crippen LogP contribution in [0.5, 0.6) is 0 Å². The summed E-state index contributed by atoms with van der Waals surface area (Å²) in [6.45, 7) is 8.31. The minimum absolute atomic E-state index is 0.0244. The maximum Gasteiger partial charge on any atom is 0.242 e. The van der Waals surface area contributed by atoms with Gasteiger partial charge in [-0.2, -0.15) is 0 Å². The van der Waals surface area contributed by atoms with Crippen molar-refractivity contribution in [3.05, 3.63) is 23.2 Å². The molecular formula is C13H22ClN3O2S. The van der Waals surface area contributed by atoms with Gasteiger partial charge in [-0.05, 0) is 38.2 Å². The molecule has 0 saturated heterocycles. The number of hydrogen-bond donors (Lipinski definition) is 2. The van der Waals surface area contributed by atoms with Crippen molar-refractivity contribution in [1.29, 1.82) is 0 Å². The Labute approximate surface area is 126 Å². The zero-order chi connectivity index (χ0) is 15.3. The van der Waals surface area contributed by atoms with Gasteiger partial charge in [0.25, 0.3) is 0 Å². The fourth-order valence-electron chi connectivity index (χ4n) is 1.98. The third-order valence-electron chi connectivity index (χ3n) is 3.05. The number of nitrogen functional groups attached to an aromatic ring is 1. The van der Waals surface area contributed by atoms with E-state index in [4.69, 9.17) is 17.3 Å². The summed E-state index contributed by atoms with van der Waals surface area (Å²) in [5.74, 6) is 0. The molecule has 0 aliphatic carbocycles. The Morgan fingerprint density at radius 3 is 2.50 bits per heavy atom. The molecule has 0 saturated carbocycles. The van der Waals surface area contributed by atoms with Crippen LogP contribution in [0.15, 0.2) is 23.1 Å². The molecular weight excluding hydrogens is 298 g/mol. The van der Waals surface area contributed by atoms with E-state index < -0.39 is 10.0 Å². The summed E-state index contributed by atoms with van der Waals surface area (Å²) >= 11 is 5.83. The van der Waals surface area contributed by atoms with E-state index >= 15 is 0 Å². The quantitative estimate of drug-likeness (QED) is 0.753. The first kappa shape index (κ1) is 17.2. The Balaban J connectivity index is 2.87. The van der Waals surface area contributed by atoms with Crippen LogP contribution < -0.4 is 10.5 Å². The van der Waals surface area contributed by atoms with Crippen LogP contribution >= 0.6 is 11.6 Å². The number of halogens is 1. The molecule has 0 aliphatic rings. The molecule has 0 spiro atoms. The van der Waals surface area contributed by atoms with Crippen molar-refractivity contribution in [3.8, 4) is 0 Å². The highest BCUT2D eigenvalue weighted by molar-refractivity contribution is 7.89. The topological polar surface area (TPSA) is 75.4 Å². The van der Waals surface area contributed by atoms with Gasteiger partial charge in [0.2, 0.25) is 10.0 Å². The summed E-state index contributed by atoms with van der Waals surface area (Å²) in [4.78, 5) is 2.17. The smallest absolute Gasteiger partial charge is 0.242 e. The molecule has 0 aliphatic heterocycles. The van der Waals surface area contributed by atoms with E-state index in [-0.39, 0.29) is 16.6 Å². The molecule has 1 rings (SSSR count). The molecule has 114 valence electrons. The summed E-state index contributed by atoms with van der Waals surface area (Å²) < 4.78 is 27.2. The average Bonchev–Trinajstić information content (AvgIpc) is 2.38. The summed E-state index contributed by atoms with van der Waals surface area (Å²) in [6.07, 6.45) is 0. The van der Waals surface area contributed by atoms with Crippen LogP contribution in [-0.2, 0) is 10.0 Å². The van der Waals surface area contributed by atoms with Gasteiger partial charge in [0.1, 0.15) is 4.90 Å². The Morgan fingerprint density at radius 2 is 1.95 bits per heavy atom. The van der Waals surface area contributed by atoms with E-state index in [1.807, 2.05) is 20.8 Å². The van der Waals surface area contributed by atoms with Crippen LogP contribution in [0.3, 0.4) is 0 Å². The molecule has 0 fully saturated rings. The van der Waals surface area contributed by atoms with Gasteiger partial charge < -0.3 is 10.6 Å². The largest absolute Gasteiger partial charge is 0.398 e. The van der Waals surface area contributed by atoms with Gasteiger partial charge >= 0.3 is 0 Å². The lowest BCUT2D eigenvalue weighted by Crippen LogP contribution is -2.42. The van der Waals surface area contributed by atoms with Crippen molar-refractivity contribution in [3.63, 3.8) is 0 Å². The molecule has 0 amide bonds. The summed E-state index contributed by atoms with van der Waals surface area (Å²) in [6, 6.07) is 4.21. The molecule has 0 radical (unpaired) electrons. The second kappa shape index (κ2) is 7.26. The van der Waals surface area contributed by atoms with Crippen molar-refractivity contribution >= 4 is 27.3 Å². The number of benzene rings is 1. The van der Waals surface area contributed by atoms with Gasteiger partial charge in [-0.25, -0.2) is 13.1 Å². The third-order valence-corrected chi connectivity index (χ3v) is 4.93. The first-order valence-corrected chi connectivity index (χ1v) is 8.46. The molecule has 0 bridgehead atoms. The van der Waals surface area contributed by atoms with Crippen LogP contribution in [0, 0.1) is 0 Å². The molecule has 0 aromatic heterocycles. The molecule has 1 aromatic rings. The zero-order valence-corrected chi connectivity index (χ0v) is 13.6. The third kappa shape index (κ3) is 4.63. The van der Waals surface area contributed by atoms with Gasteiger partial charge in [-0.3, -0.25) is 0 Å². The summed E-state index contributed by atoms with van der Waals surface area (Å²) in [5.41, 5.74) is 5.91. The monoisotopic (exact) mass is 319 g/mol. The highest BCUT2D eigenvalue weighted by atomic mass is 35.5. The van der Waals surface area contributed by atoms with E-state index in [2.05, 4.69) is 9.62 Å². The minimum Gasteiger partial charge on any atom is -0.398 e. The lowest BCUT2D eigenvalue weighted by atomic mass is 10.3. The SMILES string of the molecule is CCN(CC)CC(C)NS(=O)(=O)c1cc(Cl)ccc1N. The van der Waals surface area contributed by atoms with Crippen molar-refractivity contribution in [1.82, 2.24) is 9.62 Å². The molecule has 1 atom stereocenters. The maximum absolute atomic E-state index is 12.3. The number of nitrogens with one attached hydrogen (secondary N) is 1. The highest BCUT2D eigenvalue weighted by Crippen LogP contribution is 2.22. The minimum atomic E-state index is -3.66. The summed E-state index contributed by atoms with van der Waals surface area (Å²) in [5, 5.41) is 0.343. The maximum atomic E-state index is 12.3. The van der Waals surface area contributed by atoms with Crippen molar-refractivity contribution in [2.75, 3.05) is 25.4 Å². The fourth-order valence-corrected chi connectivity index (χ4v) is 3.60. The van der Waals surface area contributed by atoms with E-state index in [0.717, 1.165) is 13.1 Å². The second-order valence-electron chi connectivity index (χ2n) is 4.69. The Hall–Kier alpha value is -0.820. The number of sulfonamides is 1. The zero-order valence-electron chi connectivity index (χ0n) is 12.1. The molecule has 1 aromatic carbocycles. The highest BCUT2D eigenvalue weighted by Gasteiger charge is 2.21. The Bertz CT molecular complexity index is 545. The standard InChI is InChI=1S/C13H22ClN3O2S/c1-4-17(5-2)9-10(3)16-20(18,19)13-8-11(14)6-7-12(13)15/h6-8,10,16H,4-5,9,15H2,1-3H3. The van der Waals surface area contributed by atoms with Crippen LogP contribution in [0.4, 0.5) is 5.69 Å². The van der Waals surface area contributed by atoms with E-state index in [1.54, 1.807) is 6.07 Å². The molecule has 1 unspecified atom stereocenters. The van der Waals surface area contributed by atoms with Gasteiger partial charge in [-0.1, -0.05) is 25.4 Å². The van der Waals surface area contributed by atoms with Gasteiger partial charge in [-0.15, -0.1) is 0 Å². The van der Waals surface area contributed by atoms with Crippen LogP contribution in [-0.4, -0.2) is 39.0 Å². The number of nitrogens with zero attached hydrogens (tertiary/aromatic N) is 1. The molecule has 3 N–H and O–H groups in total. The number of hydrogen-bond acceptors (Lipinski definition) is 4. The second-order valence-corrected chi connectivity index (χ2v) is 6.81. The number of nitrogens with two attached hydrogens (primary N) is 1. The van der Waals surface area contributed by atoms with Gasteiger partial charge in [0.05, 0.1) is 5.69 Å². The van der Waals surface area contributed by atoms with E-state index in [0.29, 0.717) is 11.6 Å². The van der Waals surface area contributed by atoms with Crippen LogP contribution in [0.25, 0.3) is 0 Å². The van der Waals surface area contributed by atoms with Crippen LogP contribution in [0.1, 0.15) is 20.8 Å². The van der Waals surface area contributed by atoms with Crippen molar-refractivity contribution < 1.29 is 8.42 Å². The van der Waals surface area contributed by atoms with Gasteiger partial charge in [0, 0.05) is 17.6 Å².